The molecule has 114 valence electrons. The van der Waals surface area contributed by atoms with E-state index in [4.69, 9.17) is 9.47 Å². The SMILES string of the molecule is C=CCNC(=O)COc1ccc(CNC2CC2)cc1OC. The molecule has 1 fully saturated rings. The highest BCUT2D eigenvalue weighted by Gasteiger charge is 2.20. The van der Waals surface area contributed by atoms with Crippen LogP contribution in [-0.4, -0.2) is 32.2 Å². The van der Waals surface area contributed by atoms with E-state index in [2.05, 4.69) is 17.2 Å². The van der Waals surface area contributed by atoms with Crippen molar-refractivity contribution in [3.05, 3.63) is 36.4 Å². The topological polar surface area (TPSA) is 59.6 Å². The summed E-state index contributed by atoms with van der Waals surface area (Å²) in [6, 6.07) is 6.42. The van der Waals surface area contributed by atoms with Crippen LogP contribution in [0.5, 0.6) is 11.5 Å². The third-order valence-corrected chi connectivity index (χ3v) is 3.20. The summed E-state index contributed by atoms with van der Waals surface area (Å²) in [6.07, 6.45) is 4.15. The molecule has 0 aromatic heterocycles. The van der Waals surface area contributed by atoms with Crippen molar-refractivity contribution >= 4 is 5.91 Å². The maximum absolute atomic E-state index is 11.5. The average Bonchev–Trinajstić information content (AvgIpc) is 3.33. The summed E-state index contributed by atoms with van der Waals surface area (Å²) in [5.74, 6) is 1.03. The van der Waals surface area contributed by atoms with Gasteiger partial charge in [0.15, 0.2) is 18.1 Å². The monoisotopic (exact) mass is 290 g/mol. The first-order valence-electron chi connectivity index (χ1n) is 7.13. The van der Waals surface area contributed by atoms with Gasteiger partial charge in [-0.15, -0.1) is 6.58 Å². The predicted molar refractivity (Wildman–Crippen MR) is 81.6 cm³/mol. The van der Waals surface area contributed by atoms with Crippen molar-refractivity contribution in [3.8, 4) is 11.5 Å². The lowest BCUT2D eigenvalue weighted by Crippen LogP contribution is -2.28. The van der Waals surface area contributed by atoms with Gasteiger partial charge in [-0.05, 0) is 30.5 Å². The molecule has 5 nitrogen and oxygen atoms in total. The zero-order chi connectivity index (χ0) is 15.1. The molecule has 1 aromatic rings. The molecule has 0 bridgehead atoms. The Kier molecular flexibility index (Phi) is 5.63. The Labute approximate surface area is 125 Å². The van der Waals surface area contributed by atoms with E-state index in [1.807, 2.05) is 18.2 Å². The lowest BCUT2D eigenvalue weighted by molar-refractivity contribution is -0.122. The molecular formula is C16H22N2O3. The molecule has 0 spiro atoms. The fourth-order valence-corrected chi connectivity index (χ4v) is 1.87. The molecule has 2 rings (SSSR count). The number of rotatable bonds is 9. The molecule has 0 aliphatic heterocycles. The second kappa shape index (κ2) is 7.69. The Hall–Kier alpha value is -2.01. The number of methoxy groups -OCH3 is 1. The van der Waals surface area contributed by atoms with Crippen LogP contribution in [0.1, 0.15) is 18.4 Å². The molecular weight excluding hydrogens is 268 g/mol. The van der Waals surface area contributed by atoms with Crippen molar-refractivity contribution in [2.45, 2.75) is 25.4 Å². The highest BCUT2D eigenvalue weighted by molar-refractivity contribution is 5.77. The normalized spacial score (nSPS) is 13.6. The summed E-state index contributed by atoms with van der Waals surface area (Å²) < 4.78 is 10.8. The fourth-order valence-electron chi connectivity index (χ4n) is 1.87. The van der Waals surface area contributed by atoms with Crippen LogP contribution in [0.3, 0.4) is 0 Å². The molecule has 1 aromatic carbocycles. The summed E-state index contributed by atoms with van der Waals surface area (Å²) in [4.78, 5) is 11.5. The summed E-state index contributed by atoms with van der Waals surface area (Å²) in [6.45, 7) is 4.76. The number of nitrogens with one attached hydrogen (secondary N) is 2. The first-order valence-corrected chi connectivity index (χ1v) is 7.13. The van der Waals surface area contributed by atoms with Gasteiger partial charge >= 0.3 is 0 Å². The molecule has 0 heterocycles. The maximum atomic E-state index is 11.5. The smallest absolute Gasteiger partial charge is 0.258 e. The van der Waals surface area contributed by atoms with Crippen LogP contribution in [0.4, 0.5) is 0 Å². The molecule has 1 amide bonds. The highest BCUT2D eigenvalue weighted by Crippen LogP contribution is 2.28. The minimum absolute atomic E-state index is 0.0378. The van der Waals surface area contributed by atoms with E-state index in [0.29, 0.717) is 24.1 Å². The van der Waals surface area contributed by atoms with Crippen LogP contribution < -0.4 is 20.1 Å². The molecule has 0 unspecified atom stereocenters. The first kappa shape index (κ1) is 15.4. The zero-order valence-electron chi connectivity index (χ0n) is 12.4. The molecule has 1 aliphatic carbocycles. The van der Waals surface area contributed by atoms with E-state index in [-0.39, 0.29) is 12.5 Å². The minimum Gasteiger partial charge on any atom is -0.493 e. The number of carbonyl (C=O) groups excluding carboxylic acids is 1. The molecule has 0 radical (unpaired) electrons. The van der Waals surface area contributed by atoms with Crippen molar-refractivity contribution in [2.24, 2.45) is 0 Å². The number of ether oxygens (including phenoxy) is 2. The molecule has 21 heavy (non-hydrogen) atoms. The van der Waals surface area contributed by atoms with Crippen molar-refractivity contribution in [2.75, 3.05) is 20.3 Å². The Balaban J connectivity index is 1.88. The van der Waals surface area contributed by atoms with Gasteiger partial charge in [-0.3, -0.25) is 4.79 Å². The molecule has 1 saturated carbocycles. The third kappa shape index (κ3) is 5.11. The van der Waals surface area contributed by atoms with Crippen LogP contribution >= 0.6 is 0 Å². The van der Waals surface area contributed by atoms with E-state index in [1.165, 1.54) is 12.8 Å². The van der Waals surface area contributed by atoms with Crippen LogP contribution in [0.2, 0.25) is 0 Å². The molecule has 5 heteroatoms. The Morgan fingerprint density at radius 3 is 2.90 bits per heavy atom. The third-order valence-electron chi connectivity index (χ3n) is 3.20. The molecule has 0 atom stereocenters. The van der Waals surface area contributed by atoms with Gasteiger partial charge in [0.05, 0.1) is 7.11 Å². The van der Waals surface area contributed by atoms with Gasteiger partial charge in [0.2, 0.25) is 0 Å². The van der Waals surface area contributed by atoms with Crippen molar-refractivity contribution in [1.29, 1.82) is 0 Å². The quantitative estimate of drug-likeness (QED) is 0.679. The number of carbonyl (C=O) groups is 1. The van der Waals surface area contributed by atoms with Crippen molar-refractivity contribution in [3.63, 3.8) is 0 Å². The van der Waals surface area contributed by atoms with Crippen LogP contribution in [0.15, 0.2) is 30.9 Å². The summed E-state index contributed by atoms with van der Waals surface area (Å²) in [7, 11) is 1.60. The lowest BCUT2D eigenvalue weighted by Gasteiger charge is -2.12. The summed E-state index contributed by atoms with van der Waals surface area (Å²) in [5, 5.41) is 6.11. The molecule has 1 aliphatic rings. The van der Waals surface area contributed by atoms with E-state index in [1.54, 1.807) is 13.2 Å². The van der Waals surface area contributed by atoms with Crippen LogP contribution in [-0.2, 0) is 11.3 Å². The van der Waals surface area contributed by atoms with Crippen molar-refractivity contribution < 1.29 is 14.3 Å². The predicted octanol–water partition coefficient (Wildman–Crippen LogP) is 1.63. The number of hydrogen-bond donors (Lipinski definition) is 2. The average molecular weight is 290 g/mol. The molecule has 2 N–H and O–H groups in total. The molecule has 0 saturated heterocycles. The standard InChI is InChI=1S/C16H22N2O3/c1-3-8-17-16(19)11-21-14-7-4-12(9-15(14)20-2)10-18-13-5-6-13/h3-4,7,9,13,18H,1,5-6,8,10-11H2,2H3,(H,17,19). The van der Waals surface area contributed by atoms with Gasteiger partial charge in [0.1, 0.15) is 0 Å². The van der Waals surface area contributed by atoms with E-state index >= 15 is 0 Å². The Bertz CT molecular complexity index is 498. The van der Waals surface area contributed by atoms with Gasteiger partial charge in [-0.25, -0.2) is 0 Å². The van der Waals surface area contributed by atoms with E-state index in [0.717, 1.165) is 12.1 Å². The van der Waals surface area contributed by atoms with Crippen molar-refractivity contribution in [1.82, 2.24) is 10.6 Å². The Morgan fingerprint density at radius 2 is 2.24 bits per heavy atom. The Morgan fingerprint density at radius 1 is 1.43 bits per heavy atom. The number of benzene rings is 1. The summed E-state index contributed by atoms with van der Waals surface area (Å²) in [5.41, 5.74) is 1.14. The van der Waals surface area contributed by atoms with Crippen LogP contribution in [0.25, 0.3) is 0 Å². The second-order valence-corrected chi connectivity index (χ2v) is 5.02. The lowest BCUT2D eigenvalue weighted by atomic mass is 10.2. The first-order chi connectivity index (χ1) is 10.2. The minimum atomic E-state index is -0.184. The number of hydrogen-bond acceptors (Lipinski definition) is 4. The zero-order valence-corrected chi connectivity index (χ0v) is 12.4. The summed E-state index contributed by atoms with van der Waals surface area (Å²) >= 11 is 0. The largest absolute Gasteiger partial charge is 0.493 e. The highest BCUT2D eigenvalue weighted by atomic mass is 16.5. The van der Waals surface area contributed by atoms with E-state index in [9.17, 15) is 4.79 Å². The number of amides is 1. The van der Waals surface area contributed by atoms with Gasteiger partial charge < -0.3 is 20.1 Å². The fraction of sp³-hybridized carbons (Fsp3) is 0.438. The van der Waals surface area contributed by atoms with Gasteiger partial charge in [-0.2, -0.15) is 0 Å². The van der Waals surface area contributed by atoms with E-state index < -0.39 is 0 Å². The van der Waals surface area contributed by atoms with Gasteiger partial charge in [0, 0.05) is 19.1 Å². The maximum Gasteiger partial charge on any atom is 0.258 e. The second-order valence-electron chi connectivity index (χ2n) is 5.02. The van der Waals surface area contributed by atoms with Crippen LogP contribution in [0, 0.1) is 0 Å². The van der Waals surface area contributed by atoms with Gasteiger partial charge in [0.25, 0.3) is 5.91 Å². The van der Waals surface area contributed by atoms with Gasteiger partial charge in [-0.1, -0.05) is 12.1 Å².